The predicted octanol–water partition coefficient (Wildman–Crippen LogP) is 4.22. The molecular formula is C25H28ClFN2O4. The largest absolute Gasteiger partial charge is 0.481 e. The Hall–Kier alpha value is -2.64. The fourth-order valence-electron chi connectivity index (χ4n) is 4.54. The van der Waals surface area contributed by atoms with Crippen molar-refractivity contribution in [3.05, 3.63) is 64.9 Å². The quantitative estimate of drug-likeness (QED) is 0.680. The maximum Gasteiger partial charge on any atom is 0.263 e. The number of carbonyl (C=O) groups excluding carboxylic acids is 2. The van der Waals surface area contributed by atoms with Crippen LogP contribution in [-0.2, 0) is 9.53 Å². The van der Waals surface area contributed by atoms with Crippen molar-refractivity contribution >= 4 is 23.4 Å². The third kappa shape index (κ3) is 5.65. The van der Waals surface area contributed by atoms with Crippen molar-refractivity contribution in [2.24, 2.45) is 0 Å². The molecule has 176 valence electrons. The summed E-state index contributed by atoms with van der Waals surface area (Å²) in [5, 5.41) is 3.34. The van der Waals surface area contributed by atoms with Crippen LogP contribution in [0, 0.1) is 5.82 Å². The van der Waals surface area contributed by atoms with Gasteiger partial charge in [-0.15, -0.1) is 0 Å². The van der Waals surface area contributed by atoms with Gasteiger partial charge in [-0.3, -0.25) is 9.59 Å². The molecule has 2 fully saturated rings. The minimum Gasteiger partial charge on any atom is -0.481 e. The molecule has 0 bridgehead atoms. The maximum atomic E-state index is 13.8. The zero-order valence-electron chi connectivity index (χ0n) is 18.6. The molecule has 0 radical (unpaired) electrons. The lowest BCUT2D eigenvalue weighted by molar-refractivity contribution is -0.144. The first kappa shape index (κ1) is 23.5. The molecule has 8 heteroatoms. The summed E-state index contributed by atoms with van der Waals surface area (Å²) >= 11 is 5.99. The van der Waals surface area contributed by atoms with Crippen LogP contribution in [0.25, 0.3) is 0 Å². The number of ether oxygens (including phenoxy) is 2. The normalized spacial score (nSPS) is 20.5. The molecule has 2 aliphatic heterocycles. The van der Waals surface area contributed by atoms with Gasteiger partial charge in [0.25, 0.3) is 11.8 Å². The molecule has 2 aromatic carbocycles. The van der Waals surface area contributed by atoms with Crippen LogP contribution in [0.2, 0.25) is 5.02 Å². The highest BCUT2D eigenvalue weighted by atomic mass is 35.5. The van der Waals surface area contributed by atoms with E-state index in [0.29, 0.717) is 30.4 Å². The molecule has 2 heterocycles. The van der Waals surface area contributed by atoms with Crippen LogP contribution in [0.5, 0.6) is 5.75 Å². The second-order valence-corrected chi connectivity index (χ2v) is 9.13. The van der Waals surface area contributed by atoms with Gasteiger partial charge in [-0.05, 0) is 62.9 Å². The zero-order valence-corrected chi connectivity index (χ0v) is 19.3. The van der Waals surface area contributed by atoms with Crippen LogP contribution in [0.15, 0.2) is 48.5 Å². The van der Waals surface area contributed by atoms with E-state index in [-0.39, 0.29) is 23.2 Å². The molecule has 2 aromatic rings. The first-order valence-corrected chi connectivity index (χ1v) is 11.6. The second kappa shape index (κ2) is 10.1. The number of nitrogens with one attached hydrogen (secondary N) is 1. The van der Waals surface area contributed by atoms with Gasteiger partial charge in [0.15, 0.2) is 6.10 Å². The first-order valence-electron chi connectivity index (χ1n) is 11.3. The van der Waals surface area contributed by atoms with Crippen LogP contribution < -0.4 is 10.1 Å². The Bertz CT molecular complexity index is 1010. The Morgan fingerprint density at radius 2 is 1.97 bits per heavy atom. The monoisotopic (exact) mass is 474 g/mol. The van der Waals surface area contributed by atoms with Gasteiger partial charge in [-0.25, -0.2) is 4.39 Å². The van der Waals surface area contributed by atoms with Gasteiger partial charge in [-0.2, -0.15) is 0 Å². The number of carbonyl (C=O) groups is 2. The van der Waals surface area contributed by atoms with E-state index in [1.54, 1.807) is 43.3 Å². The Labute approximate surface area is 198 Å². The molecule has 0 aromatic heterocycles. The van der Waals surface area contributed by atoms with Crippen molar-refractivity contribution in [1.82, 2.24) is 10.2 Å². The molecule has 2 aliphatic rings. The van der Waals surface area contributed by atoms with E-state index in [0.717, 1.165) is 25.7 Å². The van der Waals surface area contributed by atoms with Crippen molar-refractivity contribution in [2.75, 3.05) is 19.6 Å². The number of benzene rings is 2. The Morgan fingerprint density at radius 1 is 1.21 bits per heavy atom. The van der Waals surface area contributed by atoms with Gasteiger partial charge in [0.05, 0.1) is 17.3 Å². The van der Waals surface area contributed by atoms with Gasteiger partial charge in [-0.1, -0.05) is 29.8 Å². The Morgan fingerprint density at radius 3 is 2.70 bits per heavy atom. The summed E-state index contributed by atoms with van der Waals surface area (Å²) in [4.78, 5) is 26.9. The molecule has 2 atom stereocenters. The number of likely N-dealkylation sites (tertiary alicyclic amines) is 1. The van der Waals surface area contributed by atoms with Crippen molar-refractivity contribution in [2.45, 2.75) is 50.4 Å². The van der Waals surface area contributed by atoms with Gasteiger partial charge in [0.1, 0.15) is 11.6 Å². The van der Waals surface area contributed by atoms with Crippen molar-refractivity contribution in [1.29, 1.82) is 0 Å². The number of nitrogens with zero attached hydrogens (tertiary/aromatic N) is 1. The van der Waals surface area contributed by atoms with Crippen LogP contribution in [0.1, 0.15) is 43.0 Å². The maximum absolute atomic E-state index is 13.8. The van der Waals surface area contributed by atoms with E-state index in [1.165, 1.54) is 12.1 Å². The van der Waals surface area contributed by atoms with Crippen LogP contribution >= 0.6 is 11.6 Å². The van der Waals surface area contributed by atoms with Crippen molar-refractivity contribution in [3.63, 3.8) is 0 Å². The Balaban J connectivity index is 1.24. The molecule has 4 rings (SSSR count). The summed E-state index contributed by atoms with van der Waals surface area (Å²) in [5.41, 5.74) is -0.243. The number of rotatable bonds is 6. The summed E-state index contributed by atoms with van der Waals surface area (Å²) in [5.74, 6) is -0.469. The van der Waals surface area contributed by atoms with Gasteiger partial charge in [0, 0.05) is 24.7 Å². The zero-order chi connectivity index (χ0) is 23.4. The number of halogens is 2. The minimum absolute atomic E-state index is 0.0335. The highest BCUT2D eigenvalue weighted by Gasteiger charge is 2.43. The third-order valence-corrected chi connectivity index (χ3v) is 6.63. The highest BCUT2D eigenvalue weighted by molar-refractivity contribution is 6.30. The smallest absolute Gasteiger partial charge is 0.263 e. The average molecular weight is 475 g/mol. The van der Waals surface area contributed by atoms with Gasteiger partial charge >= 0.3 is 0 Å². The fraction of sp³-hybridized carbons (Fsp3) is 0.440. The van der Waals surface area contributed by atoms with Crippen LogP contribution in [-0.4, -0.2) is 54.2 Å². The van der Waals surface area contributed by atoms with Gasteiger partial charge < -0.3 is 19.7 Å². The fourth-order valence-corrected chi connectivity index (χ4v) is 4.72. The van der Waals surface area contributed by atoms with E-state index in [9.17, 15) is 14.0 Å². The molecule has 0 saturated carbocycles. The molecule has 6 nitrogen and oxygen atoms in total. The minimum atomic E-state index is -0.608. The van der Waals surface area contributed by atoms with Gasteiger partial charge in [0.2, 0.25) is 0 Å². The number of amides is 2. The lowest BCUT2D eigenvalue weighted by atomic mass is 9.88. The molecule has 1 spiro atoms. The standard InChI is InChI=1S/C25H28ClFN2O4/c1-17(32-19-6-4-5-18(26)15-19)24(31)29-13-11-25(12-14-29)10-9-20(33-25)16-28-23(30)21-7-2-3-8-22(21)27/h2-8,15,17,20H,9-14,16H2,1H3,(H,28,30)/t17-,20+/m0/s1. The molecular weight excluding hydrogens is 447 g/mol. The lowest BCUT2D eigenvalue weighted by Gasteiger charge is -2.40. The van der Waals surface area contributed by atoms with E-state index >= 15 is 0 Å². The van der Waals surface area contributed by atoms with Crippen LogP contribution in [0.3, 0.4) is 0 Å². The molecule has 0 unspecified atom stereocenters. The van der Waals surface area contributed by atoms with E-state index < -0.39 is 17.8 Å². The third-order valence-electron chi connectivity index (χ3n) is 6.39. The number of piperidine rings is 1. The molecule has 1 N–H and O–H groups in total. The molecule has 2 amide bonds. The van der Waals surface area contributed by atoms with E-state index in [4.69, 9.17) is 21.1 Å². The Kier molecular flexibility index (Phi) is 7.20. The summed E-state index contributed by atoms with van der Waals surface area (Å²) in [6.45, 7) is 3.27. The van der Waals surface area contributed by atoms with E-state index in [2.05, 4.69) is 5.32 Å². The average Bonchev–Trinajstić information content (AvgIpc) is 3.20. The molecule has 33 heavy (non-hydrogen) atoms. The van der Waals surface area contributed by atoms with Crippen molar-refractivity contribution < 1.29 is 23.5 Å². The predicted molar refractivity (Wildman–Crippen MR) is 123 cm³/mol. The summed E-state index contributed by atoms with van der Waals surface area (Å²) in [6.07, 6.45) is 2.45. The van der Waals surface area contributed by atoms with Crippen molar-refractivity contribution in [3.8, 4) is 5.75 Å². The van der Waals surface area contributed by atoms with Crippen LogP contribution in [0.4, 0.5) is 4.39 Å². The second-order valence-electron chi connectivity index (χ2n) is 8.69. The molecule has 0 aliphatic carbocycles. The lowest BCUT2D eigenvalue weighted by Crippen LogP contribution is -2.50. The molecule has 2 saturated heterocycles. The SMILES string of the molecule is C[C@H](Oc1cccc(Cl)c1)C(=O)N1CCC2(CC[C@H](CNC(=O)c3ccccc3F)O2)CC1. The number of hydrogen-bond donors (Lipinski definition) is 1. The highest BCUT2D eigenvalue weighted by Crippen LogP contribution is 2.39. The topological polar surface area (TPSA) is 67.9 Å². The summed E-state index contributed by atoms with van der Waals surface area (Å²) in [7, 11) is 0. The number of hydrogen-bond acceptors (Lipinski definition) is 4. The first-order chi connectivity index (χ1) is 15.8. The van der Waals surface area contributed by atoms with E-state index in [1.807, 2.05) is 4.90 Å². The summed E-state index contributed by atoms with van der Waals surface area (Å²) < 4.78 is 25.9. The summed E-state index contributed by atoms with van der Waals surface area (Å²) in [6, 6.07) is 12.9.